The van der Waals surface area contributed by atoms with E-state index in [1.165, 1.54) is 29.5 Å². The molecule has 0 bridgehead atoms. The van der Waals surface area contributed by atoms with E-state index in [0.29, 0.717) is 12.2 Å². The van der Waals surface area contributed by atoms with Crippen LogP contribution in [0.3, 0.4) is 0 Å². The number of carbonyl (C=O) groups is 1. The SMILES string of the molecule is COC(=O)c1ccc(N(c2cc3c(c(C(C)(C)C)c2C)OCC3(C)C)C(C)C)cc1. The number of benzene rings is 2. The predicted molar refractivity (Wildman–Crippen MR) is 123 cm³/mol. The molecule has 4 nitrogen and oxygen atoms in total. The number of rotatable bonds is 4. The van der Waals surface area contributed by atoms with Crippen LogP contribution in [-0.2, 0) is 15.6 Å². The van der Waals surface area contributed by atoms with E-state index in [1.54, 1.807) is 0 Å². The molecule has 0 spiro atoms. The lowest BCUT2D eigenvalue weighted by molar-refractivity contribution is 0.0600. The van der Waals surface area contributed by atoms with Crippen molar-refractivity contribution in [2.75, 3.05) is 18.6 Å². The summed E-state index contributed by atoms with van der Waals surface area (Å²) < 4.78 is 11.1. The average Bonchev–Trinajstić information content (AvgIpc) is 2.95. The van der Waals surface area contributed by atoms with E-state index in [-0.39, 0.29) is 22.8 Å². The fraction of sp³-hybridized carbons (Fsp3) is 0.500. The number of anilines is 2. The molecule has 1 aliphatic heterocycles. The molecule has 1 heterocycles. The van der Waals surface area contributed by atoms with Crippen LogP contribution in [-0.4, -0.2) is 25.7 Å². The molecule has 0 fully saturated rings. The van der Waals surface area contributed by atoms with E-state index in [1.807, 2.05) is 24.3 Å². The Balaban J connectivity index is 2.22. The lowest BCUT2D eigenvalue weighted by Gasteiger charge is -2.35. The smallest absolute Gasteiger partial charge is 0.337 e. The van der Waals surface area contributed by atoms with Gasteiger partial charge in [-0.3, -0.25) is 0 Å². The fourth-order valence-electron chi connectivity index (χ4n) is 4.47. The van der Waals surface area contributed by atoms with Gasteiger partial charge in [-0.05, 0) is 62.1 Å². The predicted octanol–water partition coefficient (Wildman–Crippen LogP) is 6.30. The monoisotopic (exact) mass is 409 g/mol. The number of fused-ring (bicyclic) bond motifs is 1. The van der Waals surface area contributed by atoms with Gasteiger partial charge in [0, 0.05) is 34.0 Å². The molecule has 3 rings (SSSR count). The first-order chi connectivity index (χ1) is 13.9. The molecule has 4 heteroatoms. The first-order valence-electron chi connectivity index (χ1n) is 10.7. The van der Waals surface area contributed by atoms with Crippen LogP contribution in [0, 0.1) is 6.92 Å². The zero-order valence-electron chi connectivity index (χ0n) is 19.8. The summed E-state index contributed by atoms with van der Waals surface area (Å²) in [5, 5.41) is 0. The van der Waals surface area contributed by atoms with Crippen LogP contribution in [0.25, 0.3) is 0 Å². The van der Waals surface area contributed by atoms with Crippen LogP contribution in [0.2, 0.25) is 0 Å². The lowest BCUT2D eigenvalue weighted by atomic mass is 9.77. The third-order valence-electron chi connectivity index (χ3n) is 5.91. The number of hydrogen-bond donors (Lipinski definition) is 0. The number of carbonyl (C=O) groups excluding carboxylic acids is 1. The van der Waals surface area contributed by atoms with Crippen molar-refractivity contribution in [2.45, 2.75) is 72.3 Å². The summed E-state index contributed by atoms with van der Waals surface area (Å²) in [7, 11) is 1.41. The minimum atomic E-state index is -0.319. The van der Waals surface area contributed by atoms with E-state index in [9.17, 15) is 4.79 Å². The van der Waals surface area contributed by atoms with Crippen molar-refractivity contribution in [3.05, 3.63) is 52.6 Å². The van der Waals surface area contributed by atoms with Crippen molar-refractivity contribution in [1.82, 2.24) is 0 Å². The second-order valence-electron chi connectivity index (χ2n) is 10.2. The summed E-state index contributed by atoms with van der Waals surface area (Å²) in [6, 6.07) is 10.2. The normalized spacial score (nSPS) is 15.0. The van der Waals surface area contributed by atoms with Crippen molar-refractivity contribution in [3.8, 4) is 5.75 Å². The first-order valence-corrected chi connectivity index (χ1v) is 10.7. The Bertz CT molecular complexity index is 950. The molecule has 2 aromatic rings. The molecular weight excluding hydrogens is 374 g/mol. The molecule has 1 aliphatic rings. The zero-order chi connectivity index (χ0) is 22.4. The second kappa shape index (κ2) is 7.64. The van der Waals surface area contributed by atoms with Crippen LogP contribution in [0.15, 0.2) is 30.3 Å². The first kappa shape index (κ1) is 22.2. The molecule has 162 valence electrons. The minimum absolute atomic E-state index is 0.0326. The zero-order valence-corrected chi connectivity index (χ0v) is 19.8. The summed E-state index contributed by atoms with van der Waals surface area (Å²) in [6.45, 7) is 18.5. The van der Waals surface area contributed by atoms with Gasteiger partial charge in [-0.25, -0.2) is 4.79 Å². The number of methoxy groups -OCH3 is 1. The van der Waals surface area contributed by atoms with E-state index < -0.39 is 0 Å². The van der Waals surface area contributed by atoms with Gasteiger partial charge in [-0.15, -0.1) is 0 Å². The van der Waals surface area contributed by atoms with Crippen LogP contribution in [0.1, 0.15) is 75.5 Å². The van der Waals surface area contributed by atoms with Crippen molar-refractivity contribution < 1.29 is 14.3 Å². The Morgan fingerprint density at radius 3 is 2.27 bits per heavy atom. The number of ether oxygens (including phenoxy) is 2. The Kier molecular flexibility index (Phi) is 5.66. The maximum Gasteiger partial charge on any atom is 0.337 e. The molecule has 0 radical (unpaired) electrons. The topological polar surface area (TPSA) is 38.8 Å². The average molecular weight is 410 g/mol. The minimum Gasteiger partial charge on any atom is -0.492 e. The number of esters is 1. The van der Waals surface area contributed by atoms with Gasteiger partial charge in [-0.1, -0.05) is 34.6 Å². The highest BCUT2D eigenvalue weighted by Crippen LogP contribution is 2.50. The molecule has 30 heavy (non-hydrogen) atoms. The van der Waals surface area contributed by atoms with Gasteiger partial charge < -0.3 is 14.4 Å². The van der Waals surface area contributed by atoms with Gasteiger partial charge in [0.25, 0.3) is 0 Å². The van der Waals surface area contributed by atoms with Crippen LogP contribution < -0.4 is 9.64 Å². The third-order valence-corrected chi connectivity index (χ3v) is 5.91. The maximum atomic E-state index is 11.9. The molecule has 0 N–H and O–H groups in total. The highest BCUT2D eigenvalue weighted by molar-refractivity contribution is 5.90. The van der Waals surface area contributed by atoms with Crippen molar-refractivity contribution in [3.63, 3.8) is 0 Å². The second-order valence-corrected chi connectivity index (χ2v) is 10.2. The number of nitrogens with zero attached hydrogens (tertiary/aromatic N) is 1. The van der Waals surface area contributed by atoms with E-state index >= 15 is 0 Å². The van der Waals surface area contributed by atoms with E-state index in [2.05, 4.69) is 66.4 Å². The molecule has 0 unspecified atom stereocenters. The number of hydrogen-bond acceptors (Lipinski definition) is 4. The Morgan fingerprint density at radius 1 is 1.17 bits per heavy atom. The van der Waals surface area contributed by atoms with Gasteiger partial charge in [0.15, 0.2) is 0 Å². The Morgan fingerprint density at radius 2 is 1.77 bits per heavy atom. The highest BCUT2D eigenvalue weighted by atomic mass is 16.5. The van der Waals surface area contributed by atoms with E-state index in [4.69, 9.17) is 9.47 Å². The highest BCUT2D eigenvalue weighted by Gasteiger charge is 2.38. The molecule has 0 saturated carbocycles. The molecule has 0 atom stereocenters. The molecule has 0 saturated heterocycles. The maximum absolute atomic E-state index is 11.9. The van der Waals surface area contributed by atoms with Crippen LogP contribution >= 0.6 is 0 Å². The van der Waals surface area contributed by atoms with Crippen molar-refractivity contribution in [1.29, 1.82) is 0 Å². The summed E-state index contributed by atoms with van der Waals surface area (Å²) >= 11 is 0. The molecule has 0 aromatic heterocycles. The Labute approximate surface area is 181 Å². The summed E-state index contributed by atoms with van der Waals surface area (Å²) in [5.41, 5.74) is 6.51. The summed E-state index contributed by atoms with van der Waals surface area (Å²) in [6.07, 6.45) is 0. The summed E-state index contributed by atoms with van der Waals surface area (Å²) in [5.74, 6) is 0.735. The summed E-state index contributed by atoms with van der Waals surface area (Å²) in [4.78, 5) is 14.2. The quantitative estimate of drug-likeness (QED) is 0.556. The molecule has 0 aliphatic carbocycles. The van der Waals surface area contributed by atoms with Crippen molar-refractivity contribution in [2.24, 2.45) is 0 Å². The molecule has 2 aromatic carbocycles. The molecule has 0 amide bonds. The Hall–Kier alpha value is -2.49. The molecular formula is C26H35NO3. The third kappa shape index (κ3) is 3.80. The van der Waals surface area contributed by atoms with Crippen molar-refractivity contribution >= 4 is 17.3 Å². The van der Waals surface area contributed by atoms with Gasteiger partial charge in [0.05, 0.1) is 19.3 Å². The lowest BCUT2D eigenvalue weighted by Crippen LogP contribution is -2.28. The van der Waals surface area contributed by atoms with E-state index in [0.717, 1.165) is 11.4 Å². The van der Waals surface area contributed by atoms with Crippen LogP contribution in [0.4, 0.5) is 11.4 Å². The van der Waals surface area contributed by atoms with Gasteiger partial charge in [0.1, 0.15) is 5.75 Å². The largest absolute Gasteiger partial charge is 0.492 e. The van der Waals surface area contributed by atoms with Gasteiger partial charge >= 0.3 is 5.97 Å². The van der Waals surface area contributed by atoms with Crippen LogP contribution in [0.5, 0.6) is 5.75 Å². The van der Waals surface area contributed by atoms with Gasteiger partial charge in [0.2, 0.25) is 0 Å². The van der Waals surface area contributed by atoms with Gasteiger partial charge in [-0.2, -0.15) is 0 Å². The fourth-order valence-corrected chi connectivity index (χ4v) is 4.47. The standard InChI is InChI=1S/C26H35NO3/c1-16(2)27(19-12-10-18(11-13-19)24(28)29-9)21-14-20-23(30-15-26(20,7)8)22(17(21)3)25(4,5)6/h10-14,16H,15H2,1-9H3.